The SMILES string of the molecule is O=C(N[C@@H]1CCN2CCCC[C@@H]12)c1cc2c(s1)CCC2. The van der Waals surface area contributed by atoms with Gasteiger partial charge in [-0.3, -0.25) is 9.69 Å². The van der Waals surface area contributed by atoms with Crippen LogP contribution in [0.5, 0.6) is 0 Å². The van der Waals surface area contributed by atoms with Crippen molar-refractivity contribution in [2.75, 3.05) is 13.1 Å². The van der Waals surface area contributed by atoms with Crippen molar-refractivity contribution in [2.45, 2.75) is 57.0 Å². The second-order valence-corrected chi connectivity index (χ2v) is 7.52. The van der Waals surface area contributed by atoms with Crippen LogP contribution in [-0.4, -0.2) is 36.0 Å². The van der Waals surface area contributed by atoms with Crippen LogP contribution in [0, 0.1) is 0 Å². The first kappa shape index (κ1) is 12.8. The molecule has 4 heteroatoms. The Morgan fingerprint density at radius 3 is 3.05 bits per heavy atom. The molecule has 0 saturated carbocycles. The zero-order valence-electron chi connectivity index (χ0n) is 11.9. The zero-order valence-corrected chi connectivity index (χ0v) is 12.7. The Balaban J connectivity index is 1.44. The third-order valence-electron chi connectivity index (χ3n) is 5.14. The number of rotatable bonds is 2. The largest absolute Gasteiger partial charge is 0.347 e. The molecule has 0 bridgehead atoms. The first-order valence-corrected chi connectivity index (χ1v) is 8.79. The van der Waals surface area contributed by atoms with Crippen molar-refractivity contribution < 1.29 is 4.79 Å². The van der Waals surface area contributed by atoms with E-state index in [0.717, 1.165) is 17.8 Å². The molecule has 1 amide bonds. The first-order chi connectivity index (χ1) is 9.81. The van der Waals surface area contributed by atoms with Crippen molar-refractivity contribution in [3.8, 4) is 0 Å². The number of carbonyl (C=O) groups excluding carboxylic acids is 1. The Morgan fingerprint density at radius 2 is 2.15 bits per heavy atom. The predicted octanol–water partition coefficient (Wildman–Crippen LogP) is 2.59. The second kappa shape index (κ2) is 5.15. The molecule has 3 heterocycles. The Bertz CT molecular complexity index is 503. The summed E-state index contributed by atoms with van der Waals surface area (Å²) in [6.07, 6.45) is 8.64. The van der Waals surface area contributed by atoms with Crippen LogP contribution in [-0.2, 0) is 12.8 Å². The average Bonchev–Trinajstić information content (AvgIpc) is 3.12. The highest BCUT2D eigenvalue weighted by Gasteiger charge is 2.36. The Morgan fingerprint density at radius 1 is 1.20 bits per heavy atom. The van der Waals surface area contributed by atoms with E-state index in [9.17, 15) is 4.79 Å². The van der Waals surface area contributed by atoms with Crippen molar-refractivity contribution in [3.63, 3.8) is 0 Å². The number of fused-ring (bicyclic) bond motifs is 2. The smallest absolute Gasteiger partial charge is 0.261 e. The Kier molecular flexibility index (Phi) is 3.31. The van der Waals surface area contributed by atoms with Crippen LogP contribution >= 0.6 is 11.3 Å². The zero-order chi connectivity index (χ0) is 13.5. The van der Waals surface area contributed by atoms with E-state index in [1.54, 1.807) is 11.3 Å². The van der Waals surface area contributed by atoms with Crippen LogP contribution < -0.4 is 5.32 Å². The molecule has 1 aromatic rings. The van der Waals surface area contributed by atoms with Gasteiger partial charge in [0, 0.05) is 23.5 Å². The predicted molar refractivity (Wildman–Crippen MR) is 81.4 cm³/mol. The summed E-state index contributed by atoms with van der Waals surface area (Å²) in [5.41, 5.74) is 1.42. The minimum Gasteiger partial charge on any atom is -0.347 e. The van der Waals surface area contributed by atoms with E-state index in [1.165, 1.54) is 55.5 Å². The average molecular weight is 290 g/mol. The van der Waals surface area contributed by atoms with Gasteiger partial charge in [-0.1, -0.05) is 6.42 Å². The molecule has 0 unspecified atom stereocenters. The van der Waals surface area contributed by atoms with Crippen molar-refractivity contribution in [3.05, 3.63) is 21.4 Å². The van der Waals surface area contributed by atoms with Crippen LogP contribution in [0.15, 0.2) is 6.07 Å². The highest BCUT2D eigenvalue weighted by molar-refractivity contribution is 7.14. The first-order valence-electron chi connectivity index (χ1n) is 7.98. The van der Waals surface area contributed by atoms with Crippen LogP contribution in [0.25, 0.3) is 0 Å². The summed E-state index contributed by atoms with van der Waals surface area (Å²) in [7, 11) is 0. The van der Waals surface area contributed by atoms with E-state index >= 15 is 0 Å². The second-order valence-electron chi connectivity index (χ2n) is 6.38. The van der Waals surface area contributed by atoms with Gasteiger partial charge in [0.2, 0.25) is 0 Å². The molecule has 3 nitrogen and oxygen atoms in total. The van der Waals surface area contributed by atoms with Gasteiger partial charge in [0.05, 0.1) is 4.88 Å². The molecule has 0 radical (unpaired) electrons. The highest BCUT2D eigenvalue weighted by Crippen LogP contribution is 2.31. The molecular weight excluding hydrogens is 268 g/mol. The van der Waals surface area contributed by atoms with E-state index in [4.69, 9.17) is 0 Å². The molecule has 1 aromatic heterocycles. The molecule has 2 aliphatic heterocycles. The monoisotopic (exact) mass is 290 g/mol. The van der Waals surface area contributed by atoms with E-state index in [1.807, 2.05) is 0 Å². The molecule has 0 spiro atoms. The van der Waals surface area contributed by atoms with E-state index < -0.39 is 0 Å². The molecule has 1 aliphatic carbocycles. The van der Waals surface area contributed by atoms with Gasteiger partial charge in [-0.15, -0.1) is 11.3 Å². The molecular formula is C16H22N2OS. The molecule has 2 fully saturated rings. The number of nitrogens with zero attached hydrogens (tertiary/aromatic N) is 1. The number of thiophene rings is 1. The normalized spacial score (nSPS) is 29.2. The number of amides is 1. The number of hydrogen-bond donors (Lipinski definition) is 1. The lowest BCUT2D eigenvalue weighted by Gasteiger charge is -2.32. The minimum absolute atomic E-state index is 0.168. The molecule has 2 atom stereocenters. The summed E-state index contributed by atoms with van der Waals surface area (Å²) in [6, 6.07) is 3.11. The minimum atomic E-state index is 0.168. The van der Waals surface area contributed by atoms with Crippen LogP contribution in [0.4, 0.5) is 0 Å². The van der Waals surface area contributed by atoms with Crippen molar-refractivity contribution in [1.82, 2.24) is 10.2 Å². The van der Waals surface area contributed by atoms with Gasteiger partial charge in [0.25, 0.3) is 5.91 Å². The van der Waals surface area contributed by atoms with Gasteiger partial charge >= 0.3 is 0 Å². The summed E-state index contributed by atoms with van der Waals surface area (Å²) in [5.74, 6) is 0.168. The molecule has 0 aromatic carbocycles. The van der Waals surface area contributed by atoms with Crippen molar-refractivity contribution >= 4 is 17.2 Å². The fourth-order valence-corrected chi connectivity index (χ4v) is 5.25. The van der Waals surface area contributed by atoms with Gasteiger partial charge in [-0.05, 0) is 56.7 Å². The van der Waals surface area contributed by atoms with E-state index in [0.29, 0.717) is 12.1 Å². The van der Waals surface area contributed by atoms with Gasteiger partial charge in [-0.2, -0.15) is 0 Å². The maximum Gasteiger partial charge on any atom is 0.261 e. The van der Waals surface area contributed by atoms with Crippen LogP contribution in [0.2, 0.25) is 0 Å². The van der Waals surface area contributed by atoms with E-state index in [-0.39, 0.29) is 5.91 Å². The van der Waals surface area contributed by atoms with Gasteiger partial charge in [0.15, 0.2) is 0 Å². The summed E-state index contributed by atoms with van der Waals surface area (Å²) in [6.45, 7) is 2.39. The van der Waals surface area contributed by atoms with Gasteiger partial charge in [-0.25, -0.2) is 0 Å². The topological polar surface area (TPSA) is 32.3 Å². The number of aryl methyl sites for hydroxylation is 2. The lowest BCUT2D eigenvalue weighted by atomic mass is 9.99. The third-order valence-corrected chi connectivity index (χ3v) is 6.38. The fourth-order valence-electron chi connectivity index (χ4n) is 4.10. The quantitative estimate of drug-likeness (QED) is 0.908. The van der Waals surface area contributed by atoms with Crippen LogP contribution in [0.3, 0.4) is 0 Å². The summed E-state index contributed by atoms with van der Waals surface area (Å²) in [4.78, 5) is 17.4. The van der Waals surface area contributed by atoms with Gasteiger partial charge in [0.1, 0.15) is 0 Å². The van der Waals surface area contributed by atoms with Gasteiger partial charge < -0.3 is 5.32 Å². The molecule has 1 N–H and O–H groups in total. The number of hydrogen-bond acceptors (Lipinski definition) is 3. The lowest BCUT2D eigenvalue weighted by molar-refractivity contribution is 0.0919. The highest BCUT2D eigenvalue weighted by atomic mass is 32.1. The van der Waals surface area contributed by atoms with E-state index in [2.05, 4.69) is 16.3 Å². The fraction of sp³-hybridized carbons (Fsp3) is 0.688. The summed E-state index contributed by atoms with van der Waals surface area (Å²) >= 11 is 1.72. The lowest BCUT2D eigenvalue weighted by Crippen LogP contribution is -2.46. The molecule has 2 saturated heterocycles. The summed E-state index contributed by atoms with van der Waals surface area (Å²) < 4.78 is 0. The maximum atomic E-state index is 12.5. The third kappa shape index (κ3) is 2.19. The Labute approximate surface area is 124 Å². The molecule has 4 rings (SSSR count). The Hall–Kier alpha value is -0.870. The van der Waals surface area contributed by atoms with Crippen molar-refractivity contribution in [2.24, 2.45) is 0 Å². The standard InChI is InChI=1S/C16H22N2OS/c19-16(15-10-11-4-3-6-14(11)20-15)17-12-7-9-18-8-2-1-5-13(12)18/h10,12-13H,1-9H2,(H,17,19)/t12-,13+/m1/s1. The molecule has 3 aliphatic rings. The molecule has 20 heavy (non-hydrogen) atoms. The number of carbonyl (C=O) groups is 1. The number of piperidine rings is 1. The van der Waals surface area contributed by atoms with Crippen LogP contribution in [0.1, 0.15) is 52.2 Å². The van der Waals surface area contributed by atoms with Crippen molar-refractivity contribution in [1.29, 1.82) is 0 Å². The number of nitrogens with one attached hydrogen (secondary N) is 1. The maximum absolute atomic E-state index is 12.5. The molecule has 108 valence electrons. The summed E-state index contributed by atoms with van der Waals surface area (Å²) in [5, 5.41) is 3.31.